The van der Waals surface area contributed by atoms with Crippen LogP contribution in [0.25, 0.3) is 0 Å². The molecule has 0 aromatic carbocycles. The highest BCUT2D eigenvalue weighted by molar-refractivity contribution is 5.66. The van der Waals surface area contributed by atoms with Gasteiger partial charge in [0.25, 0.3) is 0 Å². The maximum absolute atomic E-state index is 10.3. The van der Waals surface area contributed by atoms with E-state index >= 15 is 0 Å². The number of carboxylic acids is 1. The molecule has 0 aliphatic carbocycles. The summed E-state index contributed by atoms with van der Waals surface area (Å²) in [5, 5.41) is 20.2. The smallest absolute Gasteiger partial charge is 0.303 e. The second-order valence-corrected chi connectivity index (χ2v) is 3.37. The summed E-state index contributed by atoms with van der Waals surface area (Å²) in [6, 6.07) is 5.45. The highest BCUT2D eigenvalue weighted by Gasteiger charge is 2.01. The summed E-state index contributed by atoms with van der Waals surface area (Å²) in [6.45, 7) is 2.33. The minimum Gasteiger partial charge on any atom is -0.481 e. The molecule has 0 bridgehead atoms. The van der Waals surface area contributed by atoms with Gasteiger partial charge < -0.3 is 10.4 Å². The van der Waals surface area contributed by atoms with Gasteiger partial charge in [-0.15, -0.1) is 0 Å². The van der Waals surface area contributed by atoms with Crippen LogP contribution in [0, 0.1) is 18.3 Å². The Balaban J connectivity index is 2.47. The molecule has 16 heavy (non-hydrogen) atoms. The lowest BCUT2D eigenvalue weighted by molar-refractivity contribution is -0.137. The zero-order chi connectivity index (χ0) is 12.0. The van der Waals surface area contributed by atoms with Crippen LogP contribution in [0.1, 0.15) is 24.1 Å². The summed E-state index contributed by atoms with van der Waals surface area (Å²) in [5.41, 5.74) is 1.22. The zero-order valence-corrected chi connectivity index (χ0v) is 9.03. The number of aryl methyl sites for hydroxylation is 1. The number of aliphatic carboxylic acids is 1. The molecule has 0 unspecified atom stereocenters. The van der Waals surface area contributed by atoms with E-state index in [-0.39, 0.29) is 6.42 Å². The second kappa shape index (κ2) is 5.71. The van der Waals surface area contributed by atoms with Gasteiger partial charge in [0.05, 0.1) is 11.3 Å². The third-order valence-electron chi connectivity index (χ3n) is 2.08. The maximum Gasteiger partial charge on any atom is 0.303 e. The van der Waals surface area contributed by atoms with Crippen molar-refractivity contribution in [2.75, 3.05) is 11.9 Å². The standard InChI is InChI=1S/C11H13N3O2/c1-8-9(7-12)4-5-10(14-8)13-6-2-3-11(15)16/h4-5H,2-3,6H2,1H3,(H,13,14)(H,15,16). The molecule has 0 amide bonds. The lowest BCUT2D eigenvalue weighted by atomic mass is 10.2. The first-order valence-electron chi connectivity index (χ1n) is 4.97. The Morgan fingerprint density at radius 3 is 2.94 bits per heavy atom. The van der Waals surface area contributed by atoms with Gasteiger partial charge in [-0.05, 0) is 25.5 Å². The van der Waals surface area contributed by atoms with Crippen molar-refractivity contribution in [2.45, 2.75) is 19.8 Å². The Morgan fingerprint density at radius 2 is 2.38 bits per heavy atom. The van der Waals surface area contributed by atoms with Crippen LogP contribution in [-0.2, 0) is 4.79 Å². The lowest BCUT2D eigenvalue weighted by Crippen LogP contribution is -2.06. The van der Waals surface area contributed by atoms with Crippen LogP contribution in [-0.4, -0.2) is 22.6 Å². The van der Waals surface area contributed by atoms with Crippen LogP contribution in [0.15, 0.2) is 12.1 Å². The number of carbonyl (C=O) groups is 1. The minimum absolute atomic E-state index is 0.141. The fourth-order valence-corrected chi connectivity index (χ4v) is 1.23. The van der Waals surface area contributed by atoms with Gasteiger partial charge in [0.1, 0.15) is 11.9 Å². The van der Waals surface area contributed by atoms with E-state index in [2.05, 4.69) is 10.3 Å². The average molecular weight is 219 g/mol. The van der Waals surface area contributed by atoms with Gasteiger partial charge in [-0.3, -0.25) is 4.79 Å². The molecule has 1 aromatic heterocycles. The van der Waals surface area contributed by atoms with Gasteiger partial charge in [-0.1, -0.05) is 0 Å². The van der Waals surface area contributed by atoms with Gasteiger partial charge in [-0.25, -0.2) is 4.98 Å². The van der Waals surface area contributed by atoms with Crippen LogP contribution in [0.2, 0.25) is 0 Å². The first-order chi connectivity index (χ1) is 7.63. The monoisotopic (exact) mass is 219 g/mol. The maximum atomic E-state index is 10.3. The van der Waals surface area contributed by atoms with Crippen LogP contribution in [0.4, 0.5) is 5.82 Å². The van der Waals surface area contributed by atoms with E-state index in [0.717, 1.165) is 0 Å². The minimum atomic E-state index is -0.800. The zero-order valence-electron chi connectivity index (χ0n) is 9.03. The molecule has 1 aromatic rings. The van der Waals surface area contributed by atoms with Crippen molar-refractivity contribution in [3.63, 3.8) is 0 Å². The van der Waals surface area contributed by atoms with Crippen molar-refractivity contribution in [1.82, 2.24) is 4.98 Å². The number of nitrogens with one attached hydrogen (secondary N) is 1. The summed E-state index contributed by atoms with van der Waals surface area (Å²) in [4.78, 5) is 14.4. The number of aromatic nitrogens is 1. The first kappa shape index (κ1) is 12.0. The molecular formula is C11H13N3O2. The van der Waals surface area contributed by atoms with Crippen molar-refractivity contribution in [3.8, 4) is 6.07 Å². The van der Waals surface area contributed by atoms with Crippen molar-refractivity contribution in [3.05, 3.63) is 23.4 Å². The predicted octanol–water partition coefficient (Wildman–Crippen LogP) is 1.54. The summed E-state index contributed by atoms with van der Waals surface area (Å²) in [7, 11) is 0. The van der Waals surface area contributed by atoms with E-state index in [4.69, 9.17) is 10.4 Å². The molecule has 84 valence electrons. The number of nitrogens with zero attached hydrogens (tertiary/aromatic N) is 2. The van der Waals surface area contributed by atoms with Gasteiger partial charge in [0.15, 0.2) is 0 Å². The van der Waals surface area contributed by atoms with E-state index < -0.39 is 5.97 Å². The van der Waals surface area contributed by atoms with Gasteiger partial charge >= 0.3 is 5.97 Å². The van der Waals surface area contributed by atoms with E-state index in [0.29, 0.717) is 30.0 Å². The molecule has 0 spiro atoms. The average Bonchev–Trinajstić information content (AvgIpc) is 2.24. The van der Waals surface area contributed by atoms with Crippen LogP contribution in [0.3, 0.4) is 0 Å². The normalized spacial score (nSPS) is 9.50. The topological polar surface area (TPSA) is 86.0 Å². The molecule has 0 radical (unpaired) electrons. The van der Waals surface area contributed by atoms with Crippen LogP contribution >= 0.6 is 0 Å². The Kier molecular flexibility index (Phi) is 4.28. The molecule has 0 aliphatic heterocycles. The molecule has 1 heterocycles. The molecule has 0 saturated carbocycles. The third kappa shape index (κ3) is 3.58. The molecule has 0 aliphatic rings. The number of pyridine rings is 1. The Labute approximate surface area is 93.7 Å². The quantitative estimate of drug-likeness (QED) is 0.733. The Bertz CT molecular complexity index is 424. The highest BCUT2D eigenvalue weighted by atomic mass is 16.4. The summed E-state index contributed by atoms with van der Waals surface area (Å²) in [5.74, 6) is -0.132. The molecule has 0 atom stereocenters. The molecule has 5 nitrogen and oxygen atoms in total. The highest BCUT2D eigenvalue weighted by Crippen LogP contribution is 2.09. The molecule has 2 N–H and O–H groups in total. The van der Waals surface area contributed by atoms with Crippen LogP contribution in [0.5, 0.6) is 0 Å². The van der Waals surface area contributed by atoms with Crippen molar-refractivity contribution >= 4 is 11.8 Å². The van der Waals surface area contributed by atoms with E-state index in [1.807, 2.05) is 6.07 Å². The number of nitriles is 1. The second-order valence-electron chi connectivity index (χ2n) is 3.37. The van der Waals surface area contributed by atoms with E-state index in [1.165, 1.54) is 0 Å². The largest absolute Gasteiger partial charge is 0.481 e. The van der Waals surface area contributed by atoms with Gasteiger partial charge in [0, 0.05) is 13.0 Å². The van der Waals surface area contributed by atoms with Gasteiger partial charge in [0.2, 0.25) is 0 Å². The fourth-order valence-electron chi connectivity index (χ4n) is 1.23. The number of rotatable bonds is 5. The predicted molar refractivity (Wildman–Crippen MR) is 59.0 cm³/mol. The number of hydrogen-bond donors (Lipinski definition) is 2. The number of hydrogen-bond acceptors (Lipinski definition) is 4. The molecule has 0 saturated heterocycles. The Hall–Kier alpha value is -2.09. The lowest BCUT2D eigenvalue weighted by Gasteiger charge is -2.05. The van der Waals surface area contributed by atoms with Crippen molar-refractivity contribution < 1.29 is 9.90 Å². The van der Waals surface area contributed by atoms with Crippen molar-refractivity contribution in [1.29, 1.82) is 5.26 Å². The van der Waals surface area contributed by atoms with Gasteiger partial charge in [-0.2, -0.15) is 5.26 Å². The molecule has 1 rings (SSSR count). The summed E-state index contributed by atoms with van der Waals surface area (Å²) < 4.78 is 0. The summed E-state index contributed by atoms with van der Waals surface area (Å²) >= 11 is 0. The molecule has 0 fully saturated rings. The fraction of sp³-hybridized carbons (Fsp3) is 0.364. The van der Waals surface area contributed by atoms with E-state index in [1.54, 1.807) is 19.1 Å². The Morgan fingerprint density at radius 1 is 1.62 bits per heavy atom. The summed E-state index contributed by atoms with van der Waals surface area (Å²) in [6.07, 6.45) is 0.693. The van der Waals surface area contributed by atoms with Crippen molar-refractivity contribution in [2.24, 2.45) is 0 Å². The first-order valence-corrected chi connectivity index (χ1v) is 4.97. The van der Waals surface area contributed by atoms with E-state index in [9.17, 15) is 4.79 Å². The third-order valence-corrected chi connectivity index (χ3v) is 2.08. The molecule has 5 heteroatoms. The molecular weight excluding hydrogens is 206 g/mol. The SMILES string of the molecule is Cc1nc(NCCCC(=O)O)ccc1C#N. The van der Waals surface area contributed by atoms with Crippen LogP contribution < -0.4 is 5.32 Å². The number of carboxylic acid groups (broad SMARTS) is 1. The number of anilines is 1.